The molecule has 0 amide bonds. The molecule has 2 aromatic carbocycles. The molecule has 0 aliphatic carbocycles. The first-order valence-electron chi connectivity index (χ1n) is 7.97. The highest BCUT2D eigenvalue weighted by molar-refractivity contribution is 5.42. The number of nitrogens with one attached hydrogen (secondary N) is 1. The summed E-state index contributed by atoms with van der Waals surface area (Å²) in [6.45, 7) is 1.78. The summed E-state index contributed by atoms with van der Waals surface area (Å²) in [5.74, 6) is 0.872. The molecule has 0 saturated heterocycles. The van der Waals surface area contributed by atoms with Crippen LogP contribution in [0.2, 0.25) is 0 Å². The lowest BCUT2D eigenvalue weighted by Crippen LogP contribution is -2.04. The smallest absolute Gasteiger partial charge is 0.124 e. The van der Waals surface area contributed by atoms with Gasteiger partial charge in [-0.1, -0.05) is 48.5 Å². The molecule has 0 fully saturated rings. The summed E-state index contributed by atoms with van der Waals surface area (Å²) in [5.41, 5.74) is 3.15. The molecule has 3 rings (SSSR count). The van der Waals surface area contributed by atoms with Gasteiger partial charge in [0.25, 0.3) is 0 Å². The third-order valence-electron chi connectivity index (χ3n) is 3.66. The second kappa shape index (κ2) is 8.17. The van der Waals surface area contributed by atoms with Gasteiger partial charge in [-0.25, -0.2) is 0 Å². The van der Waals surface area contributed by atoms with E-state index in [0.717, 1.165) is 22.6 Å². The SMILES string of the molecule is OCCn1cc(NCc2ccccc2OCc2ccccc2)cn1. The highest BCUT2D eigenvalue weighted by atomic mass is 16.5. The monoisotopic (exact) mass is 323 g/mol. The van der Waals surface area contributed by atoms with Gasteiger partial charge in [0.05, 0.1) is 25.0 Å². The number of aliphatic hydroxyl groups excluding tert-OH is 1. The van der Waals surface area contributed by atoms with Crippen LogP contribution < -0.4 is 10.1 Å². The highest BCUT2D eigenvalue weighted by Gasteiger charge is 2.04. The Labute approximate surface area is 141 Å². The van der Waals surface area contributed by atoms with E-state index in [1.807, 2.05) is 48.7 Å². The van der Waals surface area contributed by atoms with Crippen molar-refractivity contribution in [2.75, 3.05) is 11.9 Å². The Morgan fingerprint density at radius 1 is 1.04 bits per heavy atom. The van der Waals surface area contributed by atoms with Crippen molar-refractivity contribution >= 4 is 5.69 Å². The lowest BCUT2D eigenvalue weighted by Gasteiger charge is -2.12. The van der Waals surface area contributed by atoms with E-state index in [0.29, 0.717) is 19.7 Å². The van der Waals surface area contributed by atoms with Crippen molar-refractivity contribution in [1.29, 1.82) is 0 Å². The maximum absolute atomic E-state index is 8.93. The van der Waals surface area contributed by atoms with Gasteiger partial charge >= 0.3 is 0 Å². The molecule has 2 N–H and O–H groups in total. The number of hydrogen-bond acceptors (Lipinski definition) is 4. The van der Waals surface area contributed by atoms with E-state index in [9.17, 15) is 0 Å². The van der Waals surface area contributed by atoms with Crippen LogP contribution in [0.4, 0.5) is 5.69 Å². The van der Waals surface area contributed by atoms with Crippen LogP contribution in [-0.2, 0) is 19.7 Å². The molecule has 0 bridgehead atoms. The summed E-state index contributed by atoms with van der Waals surface area (Å²) in [7, 11) is 0. The number of benzene rings is 2. The fourth-order valence-electron chi connectivity index (χ4n) is 2.40. The van der Waals surface area contributed by atoms with E-state index in [2.05, 4.69) is 22.5 Å². The van der Waals surface area contributed by atoms with Gasteiger partial charge < -0.3 is 15.2 Å². The zero-order chi connectivity index (χ0) is 16.6. The Morgan fingerprint density at radius 2 is 1.83 bits per heavy atom. The molecule has 3 aromatic rings. The van der Waals surface area contributed by atoms with E-state index >= 15 is 0 Å². The third kappa shape index (κ3) is 4.36. The van der Waals surface area contributed by atoms with E-state index in [4.69, 9.17) is 9.84 Å². The normalized spacial score (nSPS) is 10.5. The Bertz CT molecular complexity index is 756. The van der Waals surface area contributed by atoms with Crippen molar-refractivity contribution in [2.24, 2.45) is 0 Å². The molecule has 5 nitrogen and oxygen atoms in total. The molecule has 0 unspecified atom stereocenters. The minimum Gasteiger partial charge on any atom is -0.489 e. The molecule has 0 atom stereocenters. The number of aromatic nitrogens is 2. The number of aliphatic hydroxyl groups is 1. The van der Waals surface area contributed by atoms with Crippen LogP contribution in [0, 0.1) is 0 Å². The first-order chi connectivity index (χ1) is 11.8. The average Bonchev–Trinajstić information content (AvgIpc) is 3.08. The van der Waals surface area contributed by atoms with Gasteiger partial charge in [0.15, 0.2) is 0 Å². The first-order valence-corrected chi connectivity index (χ1v) is 7.97. The van der Waals surface area contributed by atoms with Crippen LogP contribution in [0.1, 0.15) is 11.1 Å². The molecule has 1 heterocycles. The number of anilines is 1. The average molecular weight is 323 g/mol. The fraction of sp³-hybridized carbons (Fsp3) is 0.211. The Morgan fingerprint density at radius 3 is 2.67 bits per heavy atom. The molecular weight excluding hydrogens is 302 g/mol. The Balaban J connectivity index is 1.61. The number of ether oxygens (including phenoxy) is 1. The molecule has 0 radical (unpaired) electrons. The van der Waals surface area contributed by atoms with Crippen LogP contribution in [0.15, 0.2) is 67.0 Å². The van der Waals surface area contributed by atoms with Gasteiger partial charge in [-0.15, -0.1) is 0 Å². The van der Waals surface area contributed by atoms with E-state index in [1.165, 1.54) is 0 Å². The summed E-state index contributed by atoms with van der Waals surface area (Å²) in [6.07, 6.45) is 3.63. The minimum absolute atomic E-state index is 0.0806. The molecule has 0 aliphatic rings. The zero-order valence-corrected chi connectivity index (χ0v) is 13.4. The van der Waals surface area contributed by atoms with Crippen molar-refractivity contribution in [1.82, 2.24) is 9.78 Å². The van der Waals surface area contributed by atoms with Crippen molar-refractivity contribution in [3.05, 3.63) is 78.1 Å². The van der Waals surface area contributed by atoms with Crippen LogP contribution in [-0.4, -0.2) is 21.5 Å². The summed E-state index contributed by atoms with van der Waals surface area (Å²) < 4.78 is 7.67. The zero-order valence-electron chi connectivity index (χ0n) is 13.4. The van der Waals surface area contributed by atoms with Gasteiger partial charge in [-0.2, -0.15) is 5.10 Å². The molecule has 1 aromatic heterocycles. The second-order valence-corrected chi connectivity index (χ2v) is 5.45. The topological polar surface area (TPSA) is 59.3 Å². The minimum atomic E-state index is 0.0806. The quantitative estimate of drug-likeness (QED) is 0.669. The van der Waals surface area contributed by atoms with Crippen molar-refractivity contribution in [3.8, 4) is 5.75 Å². The van der Waals surface area contributed by atoms with Gasteiger partial charge in [0.2, 0.25) is 0 Å². The summed E-state index contributed by atoms with van der Waals surface area (Å²) in [5, 5.41) is 16.4. The number of nitrogens with zero attached hydrogens (tertiary/aromatic N) is 2. The second-order valence-electron chi connectivity index (χ2n) is 5.45. The lowest BCUT2D eigenvalue weighted by molar-refractivity contribution is 0.269. The van der Waals surface area contributed by atoms with Gasteiger partial charge in [0.1, 0.15) is 12.4 Å². The van der Waals surface area contributed by atoms with Crippen molar-refractivity contribution in [3.63, 3.8) is 0 Å². The highest BCUT2D eigenvalue weighted by Crippen LogP contribution is 2.20. The maximum Gasteiger partial charge on any atom is 0.124 e. The predicted octanol–water partition coefficient (Wildman–Crippen LogP) is 3.07. The molecular formula is C19H21N3O2. The molecule has 124 valence electrons. The van der Waals surface area contributed by atoms with Crippen molar-refractivity contribution in [2.45, 2.75) is 19.7 Å². The summed E-state index contributed by atoms with van der Waals surface area (Å²) in [6, 6.07) is 18.1. The lowest BCUT2D eigenvalue weighted by atomic mass is 10.2. The molecule has 0 aliphatic heterocycles. The Kier molecular flexibility index (Phi) is 5.48. The number of hydrogen-bond donors (Lipinski definition) is 2. The van der Waals surface area contributed by atoms with Gasteiger partial charge in [-0.3, -0.25) is 4.68 Å². The Hall–Kier alpha value is -2.79. The number of rotatable bonds is 8. The molecule has 24 heavy (non-hydrogen) atoms. The molecule has 0 saturated carbocycles. The van der Waals surface area contributed by atoms with Gasteiger partial charge in [-0.05, 0) is 11.6 Å². The van der Waals surface area contributed by atoms with E-state index in [1.54, 1.807) is 10.9 Å². The van der Waals surface area contributed by atoms with Crippen LogP contribution in [0.5, 0.6) is 5.75 Å². The fourth-order valence-corrected chi connectivity index (χ4v) is 2.40. The maximum atomic E-state index is 8.93. The van der Waals surface area contributed by atoms with E-state index < -0.39 is 0 Å². The largest absolute Gasteiger partial charge is 0.489 e. The number of para-hydroxylation sites is 1. The summed E-state index contributed by atoms with van der Waals surface area (Å²) in [4.78, 5) is 0. The molecule has 0 spiro atoms. The van der Waals surface area contributed by atoms with Crippen molar-refractivity contribution < 1.29 is 9.84 Å². The third-order valence-corrected chi connectivity index (χ3v) is 3.66. The molecule has 5 heteroatoms. The van der Waals surface area contributed by atoms with Crippen LogP contribution in [0.3, 0.4) is 0 Å². The van der Waals surface area contributed by atoms with Crippen LogP contribution in [0.25, 0.3) is 0 Å². The van der Waals surface area contributed by atoms with Gasteiger partial charge in [0, 0.05) is 18.3 Å². The first kappa shape index (κ1) is 16.1. The predicted molar refractivity (Wildman–Crippen MR) is 93.9 cm³/mol. The standard InChI is InChI=1S/C19H21N3O2/c23-11-10-22-14-18(13-21-22)20-12-17-8-4-5-9-19(17)24-15-16-6-2-1-3-7-16/h1-9,13-14,20,23H,10-12,15H2. The van der Waals surface area contributed by atoms with E-state index in [-0.39, 0.29) is 6.61 Å². The summed E-state index contributed by atoms with van der Waals surface area (Å²) >= 11 is 0. The van der Waals surface area contributed by atoms with Crippen LogP contribution >= 0.6 is 0 Å².